The smallest absolute Gasteiger partial charge is 0.225 e. The lowest BCUT2D eigenvalue weighted by Crippen LogP contribution is -1.67. The Balaban J connectivity index is 3.04. The van der Waals surface area contributed by atoms with E-state index in [1.165, 1.54) is 5.38 Å². The highest BCUT2D eigenvalue weighted by atomic mass is 32.1. The van der Waals surface area contributed by atoms with Crippen molar-refractivity contribution in [1.82, 2.24) is 10.7 Å². The Kier molecular flexibility index (Phi) is 0.941. The molecule has 1 aromatic rings. The molecule has 0 atom stereocenters. The van der Waals surface area contributed by atoms with Gasteiger partial charge in [0, 0.05) is 5.38 Å². The minimum atomic E-state index is -0.560. The number of nitrogens with one attached hydrogen (secondary N) is 1. The van der Waals surface area contributed by atoms with Gasteiger partial charge in [-0.05, 0) is 0 Å². The lowest BCUT2D eigenvalue weighted by atomic mass is 10.9. The first-order valence-electron chi connectivity index (χ1n) is 1.61. The Morgan fingerprint density at radius 2 is 2.57 bits per heavy atom. The zero-order chi connectivity index (χ0) is 5.28. The minimum absolute atomic E-state index is 0.0255. The fourth-order valence-corrected chi connectivity index (χ4v) is 0.656. The monoisotopic (exact) mass is 117 g/mol. The van der Waals surface area contributed by atoms with Crippen LogP contribution in [0.3, 0.4) is 0 Å². The summed E-state index contributed by atoms with van der Waals surface area (Å²) in [5.41, 5.74) is 6.68. The summed E-state index contributed by atoms with van der Waals surface area (Å²) in [6, 6.07) is 0. The summed E-state index contributed by atoms with van der Waals surface area (Å²) < 4.78 is 11.7. The maximum atomic E-state index is 11.7. The fraction of sp³-hybridized carbons (Fsp3) is 0. The Morgan fingerprint density at radius 1 is 1.86 bits per heavy atom. The second-order valence-electron chi connectivity index (χ2n) is 0.975. The van der Waals surface area contributed by atoms with Crippen molar-refractivity contribution < 1.29 is 4.39 Å². The van der Waals surface area contributed by atoms with Crippen molar-refractivity contribution in [2.75, 3.05) is 0 Å². The molecule has 1 radical (unpaired) electrons. The maximum Gasteiger partial charge on any atom is 0.225 e. The van der Waals surface area contributed by atoms with Gasteiger partial charge in [-0.3, -0.25) is 5.73 Å². The summed E-state index contributed by atoms with van der Waals surface area (Å²) in [7, 11) is 0. The van der Waals surface area contributed by atoms with Crippen molar-refractivity contribution in [2.24, 2.45) is 0 Å². The van der Waals surface area contributed by atoms with Gasteiger partial charge in [0.2, 0.25) is 11.1 Å². The molecule has 0 aliphatic carbocycles. The van der Waals surface area contributed by atoms with Crippen LogP contribution in [-0.2, 0) is 0 Å². The van der Waals surface area contributed by atoms with Crippen LogP contribution in [0.15, 0.2) is 5.38 Å². The van der Waals surface area contributed by atoms with Crippen LogP contribution in [0.4, 0.5) is 9.52 Å². The standard InChI is InChI=1S/C3H2FN2S/c4-2-1-7-3(5)6-2/h1,5H. The predicted octanol–water partition coefficient (Wildman–Crippen LogP) is 1.20. The Labute approximate surface area is 43.8 Å². The molecule has 2 nitrogen and oxygen atoms in total. The van der Waals surface area contributed by atoms with E-state index < -0.39 is 5.95 Å². The minimum Gasteiger partial charge on any atom is -0.273 e. The summed E-state index contributed by atoms with van der Waals surface area (Å²) in [5, 5.41) is 1.22. The number of hydrogen-bond donors (Lipinski definition) is 0. The Morgan fingerprint density at radius 3 is 2.71 bits per heavy atom. The lowest BCUT2D eigenvalue weighted by Gasteiger charge is -1.66. The molecule has 0 aliphatic rings. The average Bonchev–Trinajstić information content (AvgIpc) is 1.87. The summed E-state index contributed by atoms with van der Waals surface area (Å²) in [5.74, 6) is -0.560. The summed E-state index contributed by atoms with van der Waals surface area (Å²) in [6.07, 6.45) is 0. The third kappa shape index (κ3) is 0.866. The van der Waals surface area contributed by atoms with E-state index in [4.69, 9.17) is 5.73 Å². The van der Waals surface area contributed by atoms with Crippen molar-refractivity contribution in [1.29, 1.82) is 0 Å². The first kappa shape index (κ1) is 4.52. The molecule has 4 heteroatoms. The molecule has 0 saturated carbocycles. The first-order chi connectivity index (χ1) is 3.29. The van der Waals surface area contributed by atoms with E-state index in [0.29, 0.717) is 0 Å². The second-order valence-corrected chi connectivity index (χ2v) is 1.83. The van der Waals surface area contributed by atoms with Gasteiger partial charge >= 0.3 is 0 Å². The van der Waals surface area contributed by atoms with Gasteiger partial charge in [0.25, 0.3) is 0 Å². The van der Waals surface area contributed by atoms with E-state index in [9.17, 15) is 4.39 Å². The molecule has 1 rings (SSSR count). The number of hydrogen-bond acceptors (Lipinski definition) is 2. The molecule has 7 heavy (non-hydrogen) atoms. The zero-order valence-corrected chi connectivity index (χ0v) is 4.13. The van der Waals surface area contributed by atoms with E-state index in [2.05, 4.69) is 4.98 Å². The van der Waals surface area contributed by atoms with Crippen molar-refractivity contribution in [2.45, 2.75) is 0 Å². The maximum absolute atomic E-state index is 11.7. The summed E-state index contributed by atoms with van der Waals surface area (Å²) in [6.45, 7) is 0. The van der Waals surface area contributed by atoms with Gasteiger partial charge in [0.15, 0.2) is 0 Å². The van der Waals surface area contributed by atoms with Gasteiger partial charge in [-0.15, -0.1) is 11.3 Å². The van der Waals surface area contributed by atoms with E-state index in [-0.39, 0.29) is 5.13 Å². The SMILES string of the molecule is [NH]c1nc(F)cs1. The van der Waals surface area contributed by atoms with Gasteiger partial charge in [-0.2, -0.15) is 9.37 Å². The third-order valence-electron chi connectivity index (χ3n) is 0.476. The molecule has 1 heterocycles. The fourth-order valence-electron chi connectivity index (χ4n) is 0.254. The predicted molar refractivity (Wildman–Crippen MR) is 24.8 cm³/mol. The molecule has 1 N–H and O–H groups in total. The zero-order valence-electron chi connectivity index (χ0n) is 3.31. The number of rotatable bonds is 0. The van der Waals surface area contributed by atoms with Crippen LogP contribution in [0.5, 0.6) is 0 Å². The van der Waals surface area contributed by atoms with Gasteiger partial charge in [0.1, 0.15) is 0 Å². The van der Waals surface area contributed by atoms with Crippen LogP contribution in [0.1, 0.15) is 0 Å². The first-order valence-corrected chi connectivity index (χ1v) is 2.49. The molecule has 0 aromatic carbocycles. The number of thiazole rings is 1. The quantitative estimate of drug-likeness (QED) is 0.503. The largest absolute Gasteiger partial charge is 0.273 e. The molecule has 0 amide bonds. The van der Waals surface area contributed by atoms with Crippen LogP contribution in [-0.4, -0.2) is 4.98 Å². The highest BCUT2D eigenvalue weighted by Gasteiger charge is 1.92. The van der Waals surface area contributed by atoms with Gasteiger partial charge in [0.05, 0.1) is 0 Å². The van der Waals surface area contributed by atoms with Crippen LogP contribution in [0, 0.1) is 5.95 Å². The number of halogens is 1. The Bertz CT molecular complexity index is 145. The van der Waals surface area contributed by atoms with E-state index in [1.807, 2.05) is 0 Å². The third-order valence-corrected chi connectivity index (χ3v) is 1.10. The van der Waals surface area contributed by atoms with Crippen molar-refractivity contribution >= 4 is 16.5 Å². The van der Waals surface area contributed by atoms with Crippen LogP contribution >= 0.6 is 11.3 Å². The van der Waals surface area contributed by atoms with Crippen LogP contribution in [0.2, 0.25) is 0 Å². The van der Waals surface area contributed by atoms with Gasteiger partial charge < -0.3 is 0 Å². The molecule has 0 bridgehead atoms. The molecule has 0 aliphatic heterocycles. The topological polar surface area (TPSA) is 36.7 Å². The summed E-state index contributed by atoms with van der Waals surface area (Å²) >= 11 is 0.985. The molecular formula is C3H2FN2S. The number of nitrogens with zero attached hydrogens (tertiary/aromatic N) is 1. The molecule has 0 unspecified atom stereocenters. The number of aromatic nitrogens is 1. The van der Waals surface area contributed by atoms with E-state index in [1.54, 1.807) is 0 Å². The lowest BCUT2D eigenvalue weighted by molar-refractivity contribution is 0.592. The molecule has 37 valence electrons. The van der Waals surface area contributed by atoms with Crippen molar-refractivity contribution in [3.63, 3.8) is 0 Å². The molecular weight excluding hydrogens is 115 g/mol. The normalized spacial score (nSPS) is 9.29. The highest BCUT2D eigenvalue weighted by Crippen LogP contribution is 2.09. The van der Waals surface area contributed by atoms with E-state index >= 15 is 0 Å². The molecule has 0 fully saturated rings. The van der Waals surface area contributed by atoms with Crippen molar-refractivity contribution in [3.05, 3.63) is 11.3 Å². The Hall–Kier alpha value is -0.640. The van der Waals surface area contributed by atoms with Crippen LogP contribution in [0.25, 0.3) is 0 Å². The molecule has 1 aromatic heterocycles. The van der Waals surface area contributed by atoms with Gasteiger partial charge in [-0.25, -0.2) is 0 Å². The highest BCUT2D eigenvalue weighted by molar-refractivity contribution is 7.13. The average molecular weight is 117 g/mol. The summed E-state index contributed by atoms with van der Waals surface area (Å²) in [4.78, 5) is 3.13. The molecule has 0 saturated heterocycles. The van der Waals surface area contributed by atoms with Gasteiger partial charge in [-0.1, -0.05) is 0 Å². The van der Waals surface area contributed by atoms with Crippen molar-refractivity contribution in [3.8, 4) is 0 Å². The second kappa shape index (κ2) is 1.46. The van der Waals surface area contributed by atoms with E-state index in [0.717, 1.165) is 11.3 Å². The van der Waals surface area contributed by atoms with Crippen LogP contribution < -0.4 is 5.73 Å². The molecule has 0 spiro atoms.